The number of piperazine rings is 1. The molecule has 2 fully saturated rings. The fourth-order valence-electron chi connectivity index (χ4n) is 3.33. The van der Waals surface area contributed by atoms with Gasteiger partial charge in [-0.3, -0.25) is 0 Å². The second kappa shape index (κ2) is 9.16. The van der Waals surface area contributed by atoms with Crippen molar-refractivity contribution in [2.75, 3.05) is 44.2 Å². The molecule has 27 heavy (non-hydrogen) atoms. The zero-order chi connectivity index (χ0) is 18.5. The van der Waals surface area contributed by atoms with Gasteiger partial charge in [0.05, 0.1) is 12.6 Å². The predicted molar refractivity (Wildman–Crippen MR) is 111 cm³/mol. The van der Waals surface area contributed by atoms with Crippen molar-refractivity contribution in [3.63, 3.8) is 0 Å². The fourth-order valence-corrected chi connectivity index (χ4v) is 5.47. The molecule has 0 saturated carbocycles. The lowest BCUT2D eigenvalue weighted by Gasteiger charge is -2.29. The summed E-state index contributed by atoms with van der Waals surface area (Å²) >= 11 is 1.43. The Hall–Kier alpha value is -1.45. The highest BCUT2D eigenvalue weighted by Crippen LogP contribution is 2.32. The summed E-state index contributed by atoms with van der Waals surface area (Å²) in [6.45, 7) is 5.46. The molecule has 1 aromatic heterocycles. The maximum atomic E-state index is 12.5. The Morgan fingerprint density at radius 3 is 3.00 bits per heavy atom. The second-order valence-electron chi connectivity index (χ2n) is 6.72. The van der Waals surface area contributed by atoms with E-state index in [2.05, 4.69) is 27.1 Å². The van der Waals surface area contributed by atoms with Crippen LogP contribution >= 0.6 is 11.3 Å². The van der Waals surface area contributed by atoms with Crippen LogP contribution in [-0.2, 0) is 19.9 Å². The molecule has 0 aliphatic carbocycles. The molecule has 0 spiro atoms. The second-order valence-corrected chi connectivity index (χ2v) is 9.46. The summed E-state index contributed by atoms with van der Waals surface area (Å²) in [5.74, 6) is 0.807. The Labute approximate surface area is 166 Å². The molecule has 1 aromatic carbocycles. The van der Waals surface area contributed by atoms with Crippen LogP contribution in [0.5, 0.6) is 10.8 Å². The Morgan fingerprint density at radius 1 is 1.30 bits per heavy atom. The van der Waals surface area contributed by atoms with Crippen LogP contribution in [0, 0.1) is 0 Å². The third-order valence-electron chi connectivity index (χ3n) is 4.77. The molecule has 4 rings (SSSR count). The van der Waals surface area contributed by atoms with Crippen molar-refractivity contribution in [2.45, 2.75) is 23.2 Å². The van der Waals surface area contributed by atoms with Crippen LogP contribution in [0.25, 0.3) is 0 Å². The molecule has 2 N–H and O–H groups in total. The first kappa shape index (κ1) is 18.9. The van der Waals surface area contributed by atoms with Crippen LogP contribution in [-0.4, -0.2) is 45.4 Å². The molecular formula is C19H26N3O3S2+. The SMILES string of the molecule is O=[SH+](NCC1CCCO1)c1ccc(Oc2cccc(N3CCNCC3)c2)s1. The van der Waals surface area contributed by atoms with Gasteiger partial charge in [0, 0.05) is 50.6 Å². The van der Waals surface area contributed by atoms with Crippen molar-refractivity contribution in [1.29, 1.82) is 0 Å². The summed E-state index contributed by atoms with van der Waals surface area (Å²) in [5.41, 5.74) is 1.18. The normalized spacial score (nSPS) is 21.3. The molecule has 0 bridgehead atoms. The molecule has 8 heteroatoms. The van der Waals surface area contributed by atoms with E-state index in [0.29, 0.717) is 6.54 Å². The molecule has 2 atom stereocenters. The summed E-state index contributed by atoms with van der Waals surface area (Å²) in [5, 5.41) is 4.12. The lowest BCUT2D eigenvalue weighted by molar-refractivity contribution is 0.115. The molecular weight excluding hydrogens is 382 g/mol. The van der Waals surface area contributed by atoms with Crippen LogP contribution in [0.15, 0.2) is 40.6 Å². The molecule has 0 amide bonds. The summed E-state index contributed by atoms with van der Waals surface area (Å²) < 4.78 is 27.9. The van der Waals surface area contributed by atoms with Gasteiger partial charge in [0.25, 0.3) is 0 Å². The van der Waals surface area contributed by atoms with Crippen LogP contribution in [0.3, 0.4) is 0 Å². The molecule has 0 radical (unpaired) electrons. The van der Waals surface area contributed by atoms with E-state index in [9.17, 15) is 4.21 Å². The number of rotatable bonds is 7. The van der Waals surface area contributed by atoms with Crippen molar-refractivity contribution in [3.8, 4) is 10.8 Å². The van der Waals surface area contributed by atoms with E-state index in [0.717, 1.165) is 60.6 Å². The number of nitrogens with one attached hydrogen (secondary N) is 2. The van der Waals surface area contributed by atoms with Crippen molar-refractivity contribution < 1.29 is 13.7 Å². The molecule has 2 saturated heterocycles. The molecule has 3 heterocycles. The molecule has 6 nitrogen and oxygen atoms in total. The molecule has 2 aliphatic rings. The van der Waals surface area contributed by atoms with Gasteiger partial charge in [-0.25, -0.2) is 0 Å². The van der Waals surface area contributed by atoms with E-state index >= 15 is 0 Å². The van der Waals surface area contributed by atoms with Gasteiger partial charge in [-0.15, -0.1) is 4.72 Å². The predicted octanol–water partition coefficient (Wildman–Crippen LogP) is 2.69. The average Bonchev–Trinajstić information content (AvgIpc) is 3.39. The highest BCUT2D eigenvalue weighted by Gasteiger charge is 2.20. The number of thiophene rings is 1. The fraction of sp³-hybridized carbons (Fsp3) is 0.474. The van der Waals surface area contributed by atoms with Crippen molar-refractivity contribution in [1.82, 2.24) is 10.0 Å². The number of hydrogen-bond donors (Lipinski definition) is 2. The zero-order valence-corrected chi connectivity index (χ0v) is 16.9. The summed E-state index contributed by atoms with van der Waals surface area (Å²) in [6.07, 6.45) is 2.32. The number of anilines is 1. The minimum atomic E-state index is -1.62. The quantitative estimate of drug-likeness (QED) is 0.545. The maximum absolute atomic E-state index is 12.5. The lowest BCUT2D eigenvalue weighted by atomic mass is 10.2. The van der Waals surface area contributed by atoms with E-state index in [4.69, 9.17) is 9.47 Å². The van der Waals surface area contributed by atoms with Crippen LogP contribution in [0.2, 0.25) is 0 Å². The van der Waals surface area contributed by atoms with E-state index in [1.807, 2.05) is 24.3 Å². The molecule has 146 valence electrons. The number of benzene rings is 1. The topological polar surface area (TPSA) is 62.8 Å². The lowest BCUT2D eigenvalue weighted by Crippen LogP contribution is -2.43. The largest absolute Gasteiger partial charge is 0.446 e. The minimum absolute atomic E-state index is 0.187. The summed E-state index contributed by atoms with van der Waals surface area (Å²) in [7, 11) is -1.62. The average molecular weight is 409 g/mol. The monoisotopic (exact) mass is 408 g/mol. The van der Waals surface area contributed by atoms with Crippen molar-refractivity contribution >= 4 is 28.0 Å². The highest BCUT2D eigenvalue weighted by atomic mass is 32.2. The van der Waals surface area contributed by atoms with E-state index in [-0.39, 0.29) is 6.10 Å². The van der Waals surface area contributed by atoms with E-state index in [1.165, 1.54) is 17.0 Å². The Balaban J connectivity index is 1.35. The van der Waals surface area contributed by atoms with Gasteiger partial charge >= 0.3 is 0 Å². The van der Waals surface area contributed by atoms with Crippen LogP contribution in [0.1, 0.15) is 12.8 Å². The van der Waals surface area contributed by atoms with Gasteiger partial charge in [-0.1, -0.05) is 10.3 Å². The van der Waals surface area contributed by atoms with Crippen molar-refractivity contribution in [3.05, 3.63) is 36.4 Å². The number of nitrogens with zero attached hydrogens (tertiary/aromatic N) is 1. The van der Waals surface area contributed by atoms with E-state index in [1.54, 1.807) is 0 Å². The Morgan fingerprint density at radius 2 is 2.19 bits per heavy atom. The molecule has 2 aromatic rings. The first-order valence-corrected chi connectivity index (χ1v) is 11.5. The maximum Gasteiger partial charge on any atom is 0.232 e. The van der Waals surface area contributed by atoms with Gasteiger partial charge in [0.2, 0.25) is 4.21 Å². The zero-order valence-electron chi connectivity index (χ0n) is 15.2. The smallest absolute Gasteiger partial charge is 0.232 e. The number of ether oxygens (including phenoxy) is 2. The van der Waals surface area contributed by atoms with Gasteiger partial charge < -0.3 is 19.7 Å². The summed E-state index contributed by atoms with van der Waals surface area (Å²) in [4.78, 5) is 2.36. The third-order valence-corrected chi connectivity index (χ3v) is 7.33. The van der Waals surface area contributed by atoms with Gasteiger partial charge in [0.1, 0.15) is 5.75 Å². The first-order chi connectivity index (χ1) is 13.3. The van der Waals surface area contributed by atoms with Gasteiger partial charge in [0.15, 0.2) is 16.0 Å². The van der Waals surface area contributed by atoms with Crippen molar-refractivity contribution in [2.24, 2.45) is 0 Å². The minimum Gasteiger partial charge on any atom is -0.446 e. The molecule has 2 aliphatic heterocycles. The Kier molecular flexibility index (Phi) is 6.41. The summed E-state index contributed by atoms with van der Waals surface area (Å²) in [6, 6.07) is 11.9. The van der Waals surface area contributed by atoms with Gasteiger partial charge in [-0.2, -0.15) is 0 Å². The van der Waals surface area contributed by atoms with Gasteiger partial charge in [-0.05, 0) is 42.4 Å². The Bertz CT molecular complexity index is 771. The first-order valence-electron chi connectivity index (χ1n) is 9.44. The standard InChI is InChI=1S/C19H25N3O3S2/c23-27(21-14-17-5-2-12-24-17)19-7-6-18(26-19)25-16-4-1-3-15(13-16)22-10-8-20-9-11-22/h1,3-4,6-7,13,17,20H,2,5,8-12,14H2,(H,21,23)/p+1. The highest BCUT2D eigenvalue weighted by molar-refractivity contribution is 7.85. The van der Waals surface area contributed by atoms with E-state index < -0.39 is 11.0 Å². The number of thiol groups is 1. The molecule has 2 unspecified atom stereocenters. The van der Waals surface area contributed by atoms with Crippen LogP contribution < -0.4 is 19.7 Å². The number of hydrogen-bond acceptors (Lipinski definition) is 6. The third kappa shape index (κ3) is 5.08. The van der Waals surface area contributed by atoms with Crippen LogP contribution in [0.4, 0.5) is 5.69 Å².